The van der Waals surface area contributed by atoms with Crippen molar-refractivity contribution >= 4 is 22.6 Å². The molecule has 0 unspecified atom stereocenters. The fourth-order valence-corrected chi connectivity index (χ4v) is 2.49. The summed E-state index contributed by atoms with van der Waals surface area (Å²) in [5.74, 6) is 0.817. The van der Waals surface area contributed by atoms with Gasteiger partial charge in [-0.1, -0.05) is 19.1 Å². The van der Waals surface area contributed by atoms with Crippen molar-refractivity contribution in [2.45, 2.75) is 20.3 Å². The van der Waals surface area contributed by atoms with Gasteiger partial charge < -0.3 is 9.88 Å². The molecule has 4 heteroatoms. The Morgan fingerprint density at radius 2 is 1.91 bits per heavy atom. The van der Waals surface area contributed by atoms with Crippen molar-refractivity contribution < 1.29 is 4.79 Å². The lowest BCUT2D eigenvalue weighted by Crippen LogP contribution is -2.11. The van der Waals surface area contributed by atoms with Gasteiger partial charge in [0.05, 0.1) is 11.0 Å². The maximum atomic E-state index is 12.4. The van der Waals surface area contributed by atoms with Crippen LogP contribution in [0, 0.1) is 6.92 Å². The highest BCUT2D eigenvalue weighted by molar-refractivity contribution is 6.05. The average Bonchev–Trinajstić information content (AvgIpc) is 2.82. The van der Waals surface area contributed by atoms with Crippen molar-refractivity contribution in [1.29, 1.82) is 0 Å². The van der Waals surface area contributed by atoms with Crippen LogP contribution in [-0.2, 0) is 13.5 Å². The van der Waals surface area contributed by atoms with E-state index in [-0.39, 0.29) is 5.91 Å². The van der Waals surface area contributed by atoms with Gasteiger partial charge in [-0.3, -0.25) is 4.79 Å². The van der Waals surface area contributed by atoms with Crippen LogP contribution in [-0.4, -0.2) is 15.5 Å². The minimum atomic E-state index is -0.116. The fraction of sp³-hybridized carbons (Fsp3) is 0.222. The standard InChI is InChI=1S/C18H19N3O/c1-4-13-5-8-15(9-6-13)20-18(22)14-7-10-17-16(11-14)19-12(2)21(17)3/h5-11H,4H2,1-3H3,(H,20,22). The van der Waals surface area contributed by atoms with Gasteiger partial charge in [-0.25, -0.2) is 4.98 Å². The first kappa shape index (κ1) is 14.3. The Hall–Kier alpha value is -2.62. The van der Waals surface area contributed by atoms with Gasteiger partial charge in [-0.15, -0.1) is 0 Å². The smallest absolute Gasteiger partial charge is 0.255 e. The fourth-order valence-electron chi connectivity index (χ4n) is 2.49. The predicted molar refractivity (Wildman–Crippen MR) is 89.2 cm³/mol. The number of amides is 1. The molecular formula is C18H19N3O. The highest BCUT2D eigenvalue weighted by atomic mass is 16.1. The molecule has 0 saturated carbocycles. The zero-order chi connectivity index (χ0) is 15.7. The van der Waals surface area contributed by atoms with Gasteiger partial charge in [-0.2, -0.15) is 0 Å². The number of imidazole rings is 1. The quantitative estimate of drug-likeness (QED) is 0.800. The molecule has 1 amide bonds. The normalized spacial score (nSPS) is 10.9. The average molecular weight is 293 g/mol. The molecule has 3 rings (SSSR count). The maximum Gasteiger partial charge on any atom is 0.255 e. The summed E-state index contributed by atoms with van der Waals surface area (Å²) in [5, 5.41) is 2.92. The van der Waals surface area contributed by atoms with Crippen molar-refractivity contribution in [3.63, 3.8) is 0 Å². The Balaban J connectivity index is 1.84. The van der Waals surface area contributed by atoms with Gasteiger partial charge in [-0.05, 0) is 49.2 Å². The number of carbonyl (C=O) groups is 1. The molecule has 1 N–H and O–H groups in total. The highest BCUT2D eigenvalue weighted by Gasteiger charge is 2.10. The number of carbonyl (C=O) groups excluding carboxylic acids is 1. The molecule has 1 aromatic heterocycles. The second kappa shape index (κ2) is 5.64. The van der Waals surface area contributed by atoms with Crippen molar-refractivity contribution in [3.8, 4) is 0 Å². The Bertz CT molecular complexity index is 831. The monoisotopic (exact) mass is 293 g/mol. The minimum absolute atomic E-state index is 0.116. The van der Waals surface area contributed by atoms with Crippen LogP contribution in [0.2, 0.25) is 0 Å². The largest absolute Gasteiger partial charge is 0.331 e. The van der Waals surface area contributed by atoms with Crippen LogP contribution >= 0.6 is 0 Å². The van der Waals surface area contributed by atoms with E-state index in [0.29, 0.717) is 5.56 Å². The van der Waals surface area contributed by atoms with E-state index < -0.39 is 0 Å². The Kier molecular flexibility index (Phi) is 3.67. The predicted octanol–water partition coefficient (Wildman–Crippen LogP) is 3.70. The number of fused-ring (bicyclic) bond motifs is 1. The SMILES string of the molecule is CCc1ccc(NC(=O)c2ccc3c(c2)nc(C)n3C)cc1. The first-order valence-electron chi connectivity index (χ1n) is 7.42. The summed E-state index contributed by atoms with van der Waals surface area (Å²) in [6.45, 7) is 4.06. The topological polar surface area (TPSA) is 46.9 Å². The molecule has 0 spiro atoms. The molecule has 2 aromatic carbocycles. The summed E-state index contributed by atoms with van der Waals surface area (Å²) in [6, 6.07) is 13.5. The van der Waals surface area contributed by atoms with E-state index in [9.17, 15) is 4.79 Å². The van der Waals surface area contributed by atoms with E-state index in [2.05, 4.69) is 17.2 Å². The number of nitrogens with zero attached hydrogens (tertiary/aromatic N) is 2. The van der Waals surface area contributed by atoms with Gasteiger partial charge in [0.25, 0.3) is 5.91 Å². The van der Waals surface area contributed by atoms with Gasteiger partial charge >= 0.3 is 0 Å². The molecule has 0 fully saturated rings. The van der Waals surface area contributed by atoms with E-state index in [1.54, 1.807) is 0 Å². The van der Waals surface area contributed by atoms with Crippen molar-refractivity contribution in [2.75, 3.05) is 5.32 Å². The molecule has 1 heterocycles. The summed E-state index contributed by atoms with van der Waals surface area (Å²) in [6.07, 6.45) is 0.990. The Morgan fingerprint density at radius 3 is 2.59 bits per heavy atom. The molecular weight excluding hydrogens is 274 g/mol. The van der Waals surface area contributed by atoms with E-state index in [1.165, 1.54) is 5.56 Å². The number of anilines is 1. The van der Waals surface area contributed by atoms with Crippen molar-refractivity contribution in [1.82, 2.24) is 9.55 Å². The zero-order valence-corrected chi connectivity index (χ0v) is 13.1. The summed E-state index contributed by atoms with van der Waals surface area (Å²) in [4.78, 5) is 16.8. The minimum Gasteiger partial charge on any atom is -0.331 e. The molecule has 0 radical (unpaired) electrons. The second-order valence-electron chi connectivity index (χ2n) is 5.43. The molecule has 22 heavy (non-hydrogen) atoms. The van der Waals surface area contributed by atoms with E-state index in [1.807, 2.05) is 61.0 Å². The van der Waals surface area contributed by atoms with Crippen LogP contribution in [0.1, 0.15) is 28.7 Å². The van der Waals surface area contributed by atoms with Gasteiger partial charge in [0.15, 0.2) is 0 Å². The third-order valence-corrected chi connectivity index (χ3v) is 3.99. The molecule has 0 atom stereocenters. The molecule has 3 aromatic rings. The van der Waals surface area contributed by atoms with Crippen LogP contribution in [0.25, 0.3) is 11.0 Å². The number of rotatable bonds is 3. The first-order chi connectivity index (χ1) is 10.6. The number of hydrogen-bond donors (Lipinski definition) is 1. The Labute approximate surface area is 129 Å². The van der Waals surface area contributed by atoms with Crippen molar-refractivity contribution in [3.05, 3.63) is 59.4 Å². The first-order valence-corrected chi connectivity index (χ1v) is 7.42. The van der Waals surface area contributed by atoms with Crippen molar-refractivity contribution in [2.24, 2.45) is 7.05 Å². The van der Waals surface area contributed by atoms with Gasteiger partial charge in [0.1, 0.15) is 5.82 Å². The number of aryl methyl sites for hydroxylation is 3. The molecule has 4 nitrogen and oxygen atoms in total. The van der Waals surface area contributed by atoms with Crippen LogP contribution in [0.15, 0.2) is 42.5 Å². The molecule has 0 aliphatic rings. The van der Waals surface area contributed by atoms with Gasteiger partial charge in [0.2, 0.25) is 0 Å². The summed E-state index contributed by atoms with van der Waals surface area (Å²) in [5.41, 5.74) is 4.54. The lowest BCUT2D eigenvalue weighted by atomic mass is 10.1. The van der Waals surface area contributed by atoms with E-state index in [4.69, 9.17) is 0 Å². The Morgan fingerprint density at radius 1 is 1.18 bits per heavy atom. The molecule has 0 aliphatic heterocycles. The van der Waals surface area contributed by atoms with Crippen LogP contribution in [0.4, 0.5) is 5.69 Å². The van der Waals surface area contributed by atoms with Crippen LogP contribution in [0.5, 0.6) is 0 Å². The number of hydrogen-bond acceptors (Lipinski definition) is 2. The van der Waals surface area contributed by atoms with Crippen LogP contribution in [0.3, 0.4) is 0 Å². The van der Waals surface area contributed by atoms with E-state index >= 15 is 0 Å². The lowest BCUT2D eigenvalue weighted by molar-refractivity contribution is 0.102. The molecule has 0 aliphatic carbocycles. The number of aromatic nitrogens is 2. The maximum absolute atomic E-state index is 12.4. The molecule has 112 valence electrons. The summed E-state index contributed by atoms with van der Waals surface area (Å²) >= 11 is 0. The number of benzene rings is 2. The van der Waals surface area contributed by atoms with E-state index in [0.717, 1.165) is 29.0 Å². The number of nitrogens with one attached hydrogen (secondary N) is 1. The molecule has 0 bridgehead atoms. The third kappa shape index (κ3) is 2.60. The van der Waals surface area contributed by atoms with Crippen LogP contribution < -0.4 is 5.32 Å². The highest BCUT2D eigenvalue weighted by Crippen LogP contribution is 2.18. The zero-order valence-electron chi connectivity index (χ0n) is 13.1. The lowest BCUT2D eigenvalue weighted by Gasteiger charge is -2.06. The molecule has 0 saturated heterocycles. The third-order valence-electron chi connectivity index (χ3n) is 3.99. The van der Waals surface area contributed by atoms with Gasteiger partial charge in [0, 0.05) is 18.3 Å². The second-order valence-corrected chi connectivity index (χ2v) is 5.43. The summed E-state index contributed by atoms with van der Waals surface area (Å²) in [7, 11) is 1.97. The summed E-state index contributed by atoms with van der Waals surface area (Å²) < 4.78 is 2.01.